The molecule has 0 radical (unpaired) electrons. The number of nitrogens with one attached hydrogen (secondary N) is 2. The van der Waals surface area contributed by atoms with Crippen LogP contribution in [-0.2, 0) is 16.4 Å². The molecule has 0 spiro atoms. The molecule has 26 heavy (non-hydrogen) atoms. The standard InChI is InChI=1S/C19H14F4N2O/c20-12-3-6-14-15(10-24-16(14)9-12)18(7-8-18)17(26)25-13-4-1-11(2-5-13)19(21,22)23/h1-6,9-10,24H,7-8H2,(H,25,26). The van der Waals surface area contributed by atoms with Crippen LogP contribution in [0, 0.1) is 5.82 Å². The summed E-state index contributed by atoms with van der Waals surface area (Å²) in [5.41, 5.74) is 0.180. The number of carbonyl (C=O) groups excluding carboxylic acids is 1. The molecule has 0 unspecified atom stereocenters. The summed E-state index contributed by atoms with van der Waals surface area (Å²) in [6.45, 7) is 0. The zero-order valence-electron chi connectivity index (χ0n) is 13.5. The van der Waals surface area contributed by atoms with Crippen molar-refractivity contribution in [3.05, 3.63) is 65.6 Å². The van der Waals surface area contributed by atoms with E-state index in [1.165, 1.54) is 24.3 Å². The van der Waals surface area contributed by atoms with E-state index in [-0.39, 0.29) is 11.7 Å². The van der Waals surface area contributed by atoms with E-state index in [9.17, 15) is 22.4 Å². The Hall–Kier alpha value is -2.83. The summed E-state index contributed by atoms with van der Waals surface area (Å²) >= 11 is 0. The normalized spacial score (nSPS) is 15.8. The first kappa shape index (κ1) is 16.6. The molecule has 0 saturated heterocycles. The summed E-state index contributed by atoms with van der Waals surface area (Å²) in [5, 5.41) is 3.46. The van der Waals surface area contributed by atoms with Gasteiger partial charge in [0, 0.05) is 22.8 Å². The average Bonchev–Trinajstić information content (AvgIpc) is 3.29. The molecule has 1 amide bonds. The monoisotopic (exact) mass is 362 g/mol. The summed E-state index contributed by atoms with van der Waals surface area (Å²) < 4.78 is 51.2. The van der Waals surface area contributed by atoms with E-state index < -0.39 is 17.2 Å². The van der Waals surface area contributed by atoms with E-state index >= 15 is 0 Å². The second kappa shape index (κ2) is 5.59. The van der Waals surface area contributed by atoms with Gasteiger partial charge in [-0.25, -0.2) is 4.39 Å². The smallest absolute Gasteiger partial charge is 0.361 e. The molecule has 1 aliphatic rings. The number of aromatic amines is 1. The van der Waals surface area contributed by atoms with Gasteiger partial charge in [-0.15, -0.1) is 0 Å². The lowest BCUT2D eigenvalue weighted by Crippen LogP contribution is -2.27. The minimum Gasteiger partial charge on any atom is -0.361 e. The van der Waals surface area contributed by atoms with Gasteiger partial charge in [-0.2, -0.15) is 13.2 Å². The van der Waals surface area contributed by atoms with Gasteiger partial charge >= 0.3 is 6.18 Å². The highest BCUT2D eigenvalue weighted by molar-refractivity contribution is 6.04. The van der Waals surface area contributed by atoms with Gasteiger partial charge in [0.05, 0.1) is 11.0 Å². The van der Waals surface area contributed by atoms with Gasteiger partial charge in [-0.05, 0) is 60.9 Å². The van der Waals surface area contributed by atoms with Gasteiger partial charge < -0.3 is 10.3 Å². The van der Waals surface area contributed by atoms with E-state index in [1.54, 1.807) is 12.3 Å². The fourth-order valence-corrected chi connectivity index (χ4v) is 3.23. The molecule has 0 aliphatic heterocycles. The molecule has 7 heteroatoms. The Bertz CT molecular complexity index is 985. The highest BCUT2D eigenvalue weighted by Crippen LogP contribution is 2.51. The lowest BCUT2D eigenvalue weighted by Gasteiger charge is -2.15. The molecule has 1 aromatic heterocycles. The number of benzene rings is 2. The fourth-order valence-electron chi connectivity index (χ4n) is 3.23. The zero-order chi connectivity index (χ0) is 18.5. The molecular weight excluding hydrogens is 348 g/mol. The van der Waals surface area contributed by atoms with Crippen LogP contribution >= 0.6 is 0 Å². The first-order chi connectivity index (χ1) is 12.3. The van der Waals surface area contributed by atoms with Crippen LogP contribution in [0.15, 0.2) is 48.7 Å². The number of rotatable bonds is 3. The Kier molecular flexibility index (Phi) is 3.57. The number of fused-ring (bicyclic) bond motifs is 1. The summed E-state index contributed by atoms with van der Waals surface area (Å²) in [6, 6.07) is 8.67. The van der Waals surface area contributed by atoms with Crippen LogP contribution in [-0.4, -0.2) is 10.9 Å². The van der Waals surface area contributed by atoms with E-state index in [0.29, 0.717) is 24.0 Å². The number of aromatic nitrogens is 1. The van der Waals surface area contributed by atoms with Gasteiger partial charge in [0.15, 0.2) is 0 Å². The highest BCUT2D eigenvalue weighted by Gasteiger charge is 2.52. The molecule has 1 saturated carbocycles. The fraction of sp³-hybridized carbons (Fsp3) is 0.211. The Balaban J connectivity index is 1.59. The molecule has 1 fully saturated rings. The van der Waals surface area contributed by atoms with Gasteiger partial charge in [0.1, 0.15) is 5.82 Å². The number of H-pyrrole nitrogens is 1. The lowest BCUT2D eigenvalue weighted by atomic mass is 9.94. The number of hydrogen-bond acceptors (Lipinski definition) is 1. The summed E-state index contributed by atoms with van der Waals surface area (Å²) in [5.74, 6) is -0.646. The molecule has 134 valence electrons. The molecule has 3 nitrogen and oxygen atoms in total. The van der Waals surface area contributed by atoms with Crippen molar-refractivity contribution in [2.75, 3.05) is 5.32 Å². The third kappa shape index (κ3) is 2.73. The topological polar surface area (TPSA) is 44.9 Å². The van der Waals surface area contributed by atoms with Gasteiger partial charge in [0.2, 0.25) is 5.91 Å². The molecule has 3 aromatic rings. The molecule has 2 N–H and O–H groups in total. The molecule has 4 rings (SSSR count). The van der Waals surface area contributed by atoms with Crippen molar-refractivity contribution in [3.63, 3.8) is 0 Å². The largest absolute Gasteiger partial charge is 0.416 e. The first-order valence-electron chi connectivity index (χ1n) is 8.05. The van der Waals surface area contributed by atoms with E-state index in [2.05, 4.69) is 10.3 Å². The van der Waals surface area contributed by atoms with Crippen molar-refractivity contribution in [2.24, 2.45) is 0 Å². The van der Waals surface area contributed by atoms with E-state index in [4.69, 9.17) is 0 Å². The van der Waals surface area contributed by atoms with Gasteiger partial charge in [-0.1, -0.05) is 0 Å². The maximum Gasteiger partial charge on any atom is 0.416 e. The van der Waals surface area contributed by atoms with Gasteiger partial charge in [0.25, 0.3) is 0 Å². The van der Waals surface area contributed by atoms with Crippen LogP contribution in [0.25, 0.3) is 10.9 Å². The number of amides is 1. The van der Waals surface area contributed by atoms with Crippen molar-refractivity contribution in [2.45, 2.75) is 24.4 Å². The van der Waals surface area contributed by atoms with Crippen molar-refractivity contribution < 1.29 is 22.4 Å². The number of carbonyl (C=O) groups is 1. The molecule has 2 aromatic carbocycles. The zero-order valence-corrected chi connectivity index (χ0v) is 13.5. The number of hydrogen-bond donors (Lipinski definition) is 2. The van der Waals surface area contributed by atoms with Crippen LogP contribution in [0.4, 0.5) is 23.2 Å². The van der Waals surface area contributed by atoms with E-state index in [0.717, 1.165) is 23.1 Å². The summed E-state index contributed by atoms with van der Waals surface area (Å²) in [7, 11) is 0. The summed E-state index contributed by atoms with van der Waals surface area (Å²) in [6.07, 6.45) is -1.46. The maximum absolute atomic E-state index is 13.3. The third-order valence-corrected chi connectivity index (χ3v) is 4.81. The first-order valence-corrected chi connectivity index (χ1v) is 8.05. The second-order valence-corrected chi connectivity index (χ2v) is 6.50. The maximum atomic E-state index is 13.3. The predicted molar refractivity (Wildman–Crippen MR) is 89.2 cm³/mol. The third-order valence-electron chi connectivity index (χ3n) is 4.81. The van der Waals surface area contributed by atoms with Crippen LogP contribution in [0.1, 0.15) is 24.0 Å². The Morgan fingerprint density at radius 3 is 2.38 bits per heavy atom. The molecule has 0 bridgehead atoms. The lowest BCUT2D eigenvalue weighted by molar-refractivity contribution is -0.137. The Labute approximate surface area is 146 Å². The van der Waals surface area contributed by atoms with Crippen LogP contribution in [0.3, 0.4) is 0 Å². The predicted octanol–water partition coefficient (Wildman–Crippen LogP) is 5.00. The molecule has 0 atom stereocenters. The Morgan fingerprint density at radius 2 is 1.77 bits per heavy atom. The highest BCUT2D eigenvalue weighted by atomic mass is 19.4. The minimum absolute atomic E-state index is 0.275. The Morgan fingerprint density at radius 1 is 1.08 bits per heavy atom. The van der Waals surface area contributed by atoms with Crippen molar-refractivity contribution in [1.29, 1.82) is 0 Å². The van der Waals surface area contributed by atoms with Gasteiger partial charge in [-0.3, -0.25) is 4.79 Å². The molecular formula is C19H14F4N2O. The van der Waals surface area contributed by atoms with E-state index in [1.807, 2.05) is 0 Å². The summed E-state index contributed by atoms with van der Waals surface area (Å²) in [4.78, 5) is 15.7. The van der Waals surface area contributed by atoms with Crippen molar-refractivity contribution in [3.8, 4) is 0 Å². The minimum atomic E-state index is -4.42. The van der Waals surface area contributed by atoms with Crippen LogP contribution in [0.2, 0.25) is 0 Å². The molecule has 1 heterocycles. The number of alkyl halides is 3. The van der Waals surface area contributed by atoms with Crippen LogP contribution in [0.5, 0.6) is 0 Å². The SMILES string of the molecule is O=C(Nc1ccc(C(F)(F)F)cc1)C1(c2c[nH]c3cc(F)ccc23)CC1. The average molecular weight is 362 g/mol. The molecule has 1 aliphatic carbocycles. The van der Waals surface area contributed by atoms with Crippen LogP contribution < -0.4 is 5.32 Å². The number of halogens is 4. The van der Waals surface area contributed by atoms with Crippen molar-refractivity contribution >= 4 is 22.5 Å². The van der Waals surface area contributed by atoms with Crippen molar-refractivity contribution in [1.82, 2.24) is 4.98 Å². The second-order valence-electron chi connectivity index (χ2n) is 6.50. The number of anilines is 1. The quantitative estimate of drug-likeness (QED) is 0.633.